The van der Waals surface area contributed by atoms with E-state index in [9.17, 15) is 19.8 Å². The predicted molar refractivity (Wildman–Crippen MR) is 260 cm³/mol. The van der Waals surface area contributed by atoms with Gasteiger partial charge in [-0.2, -0.15) is 0 Å². The molecule has 0 heterocycles. The molecule has 0 saturated carbocycles. The third-order valence-corrected chi connectivity index (χ3v) is 12.3. The standard InChI is InChI=1S/C54H103NO5/c1-4-7-10-13-16-19-21-23-24-25-26-27-28-30-32-35-38-41-44-47-54(59)60-50(45-42-39-36-34-31-29-22-20-17-14-11-8-5-2)48-53(58)55-51(49-56)52(57)46-43-40-37-33-18-15-12-9-6-3/h17,20,22,29,50-52,56-57H,4-16,18-19,21,23-28,30-49H2,1-3H3,(H,55,58)/b20-17+,29-22+. The summed E-state index contributed by atoms with van der Waals surface area (Å²) in [4.78, 5) is 26.1. The van der Waals surface area contributed by atoms with Gasteiger partial charge in [-0.15, -0.1) is 0 Å². The van der Waals surface area contributed by atoms with Gasteiger partial charge in [-0.05, 0) is 51.4 Å². The summed E-state index contributed by atoms with van der Waals surface area (Å²) in [6.45, 7) is 6.45. The highest BCUT2D eigenvalue weighted by atomic mass is 16.5. The molecule has 0 aromatic rings. The molecule has 6 heteroatoms. The second-order valence-electron chi connectivity index (χ2n) is 18.3. The van der Waals surface area contributed by atoms with Crippen LogP contribution >= 0.6 is 0 Å². The number of aliphatic hydroxyl groups is 2. The van der Waals surface area contributed by atoms with Crippen LogP contribution in [0, 0.1) is 0 Å². The lowest BCUT2D eigenvalue weighted by Crippen LogP contribution is -2.46. The van der Waals surface area contributed by atoms with Gasteiger partial charge in [-0.1, -0.05) is 244 Å². The molecule has 0 aliphatic carbocycles. The van der Waals surface area contributed by atoms with E-state index in [0.29, 0.717) is 19.3 Å². The van der Waals surface area contributed by atoms with Crippen LogP contribution in [0.4, 0.5) is 0 Å². The van der Waals surface area contributed by atoms with E-state index in [4.69, 9.17) is 4.74 Å². The molecule has 3 atom stereocenters. The first-order valence-corrected chi connectivity index (χ1v) is 26.6. The number of carbonyl (C=O) groups excluding carboxylic acids is 2. The summed E-state index contributed by atoms with van der Waals surface area (Å²) < 4.78 is 5.93. The number of carbonyl (C=O) groups is 2. The van der Waals surface area contributed by atoms with Crippen molar-refractivity contribution < 1.29 is 24.5 Å². The number of ether oxygens (including phenoxy) is 1. The van der Waals surface area contributed by atoms with Gasteiger partial charge in [0, 0.05) is 6.42 Å². The first-order chi connectivity index (χ1) is 29.5. The third kappa shape index (κ3) is 43.0. The molecule has 3 N–H and O–H groups in total. The zero-order chi connectivity index (χ0) is 43.8. The van der Waals surface area contributed by atoms with Crippen molar-refractivity contribution in [3.8, 4) is 0 Å². The SMILES string of the molecule is CCCCC/C=C/C=C/CCCCCCC(CC(=O)NC(CO)C(O)CCCCCCCCCCC)OC(=O)CCCCCCCCCCCCCCCCCCCCC. The molecule has 6 nitrogen and oxygen atoms in total. The maximum absolute atomic E-state index is 13.2. The molecule has 0 rings (SSSR count). The van der Waals surface area contributed by atoms with Gasteiger partial charge in [-0.25, -0.2) is 0 Å². The minimum atomic E-state index is -0.788. The van der Waals surface area contributed by atoms with E-state index in [1.807, 2.05) is 0 Å². The summed E-state index contributed by atoms with van der Waals surface area (Å²) in [7, 11) is 0. The lowest BCUT2D eigenvalue weighted by Gasteiger charge is -2.24. The van der Waals surface area contributed by atoms with Gasteiger partial charge in [0.2, 0.25) is 5.91 Å². The Morgan fingerprint density at radius 2 is 0.833 bits per heavy atom. The molecule has 3 unspecified atom stereocenters. The summed E-state index contributed by atoms with van der Waals surface area (Å²) in [5.74, 6) is -0.480. The summed E-state index contributed by atoms with van der Waals surface area (Å²) in [6.07, 6.45) is 55.3. The van der Waals surface area contributed by atoms with Crippen molar-refractivity contribution >= 4 is 11.9 Å². The highest BCUT2D eigenvalue weighted by molar-refractivity contribution is 5.77. The molecule has 1 amide bonds. The van der Waals surface area contributed by atoms with Crippen LogP contribution in [0.3, 0.4) is 0 Å². The molecule has 0 fully saturated rings. The van der Waals surface area contributed by atoms with Crippen molar-refractivity contribution in [1.29, 1.82) is 0 Å². The van der Waals surface area contributed by atoms with Crippen molar-refractivity contribution in [3.63, 3.8) is 0 Å². The topological polar surface area (TPSA) is 95.9 Å². The second-order valence-corrected chi connectivity index (χ2v) is 18.3. The predicted octanol–water partition coefficient (Wildman–Crippen LogP) is 15.9. The lowest BCUT2D eigenvalue weighted by molar-refractivity contribution is -0.151. The van der Waals surface area contributed by atoms with Crippen molar-refractivity contribution in [3.05, 3.63) is 24.3 Å². The average Bonchev–Trinajstić information content (AvgIpc) is 3.24. The second kappa shape index (κ2) is 48.4. The fraction of sp³-hybridized carbons (Fsp3) is 0.889. The van der Waals surface area contributed by atoms with E-state index in [-0.39, 0.29) is 24.9 Å². The van der Waals surface area contributed by atoms with Crippen molar-refractivity contribution in [2.45, 2.75) is 302 Å². The number of nitrogens with one attached hydrogen (secondary N) is 1. The molecule has 0 radical (unpaired) electrons. The van der Waals surface area contributed by atoms with Gasteiger partial charge in [0.25, 0.3) is 0 Å². The summed E-state index contributed by atoms with van der Waals surface area (Å²) in [6, 6.07) is -0.702. The molecule has 0 spiro atoms. The zero-order valence-corrected chi connectivity index (χ0v) is 40.4. The van der Waals surface area contributed by atoms with Gasteiger partial charge in [0.1, 0.15) is 6.10 Å². The fourth-order valence-electron chi connectivity index (χ4n) is 8.25. The number of hydrogen-bond donors (Lipinski definition) is 3. The maximum atomic E-state index is 13.2. The van der Waals surface area contributed by atoms with E-state index in [2.05, 4.69) is 50.4 Å². The van der Waals surface area contributed by atoms with Crippen LogP contribution < -0.4 is 5.32 Å². The number of aliphatic hydroxyl groups excluding tert-OH is 2. The molecule has 0 bridgehead atoms. The number of allylic oxidation sites excluding steroid dienone is 4. The van der Waals surface area contributed by atoms with E-state index in [0.717, 1.165) is 77.0 Å². The first-order valence-electron chi connectivity index (χ1n) is 26.6. The average molecular weight is 846 g/mol. The Morgan fingerprint density at radius 3 is 1.27 bits per heavy atom. The molecule has 0 aromatic carbocycles. The largest absolute Gasteiger partial charge is 0.462 e. The molecule has 0 saturated heterocycles. The zero-order valence-electron chi connectivity index (χ0n) is 40.4. The summed E-state index contributed by atoms with van der Waals surface area (Å²) >= 11 is 0. The Bertz CT molecular complexity index is 950. The van der Waals surface area contributed by atoms with Crippen molar-refractivity contribution in [2.75, 3.05) is 6.61 Å². The van der Waals surface area contributed by atoms with Gasteiger partial charge in [0.15, 0.2) is 0 Å². The molecular formula is C54H103NO5. The molecule has 60 heavy (non-hydrogen) atoms. The van der Waals surface area contributed by atoms with E-state index in [1.54, 1.807) is 0 Å². The van der Waals surface area contributed by atoms with Gasteiger partial charge in [0.05, 0.1) is 25.2 Å². The van der Waals surface area contributed by atoms with Crippen LogP contribution in [-0.2, 0) is 14.3 Å². The van der Waals surface area contributed by atoms with Crippen LogP contribution in [0.25, 0.3) is 0 Å². The number of hydrogen-bond acceptors (Lipinski definition) is 5. The first kappa shape index (κ1) is 58.3. The minimum Gasteiger partial charge on any atom is -0.462 e. The fourth-order valence-corrected chi connectivity index (χ4v) is 8.25. The molecule has 354 valence electrons. The van der Waals surface area contributed by atoms with Gasteiger partial charge >= 0.3 is 5.97 Å². The molecule has 0 aromatic heterocycles. The normalized spacial score (nSPS) is 13.3. The van der Waals surface area contributed by atoms with Gasteiger partial charge < -0.3 is 20.3 Å². The quantitative estimate of drug-likeness (QED) is 0.0322. The maximum Gasteiger partial charge on any atom is 0.306 e. The van der Waals surface area contributed by atoms with E-state index in [1.165, 1.54) is 161 Å². The summed E-state index contributed by atoms with van der Waals surface area (Å²) in [5.41, 5.74) is 0. The number of unbranched alkanes of at least 4 members (excludes halogenated alkanes) is 33. The van der Waals surface area contributed by atoms with Crippen LogP contribution in [-0.4, -0.2) is 46.9 Å². The Morgan fingerprint density at radius 1 is 0.483 bits per heavy atom. The highest BCUT2D eigenvalue weighted by Gasteiger charge is 2.24. The molecule has 0 aliphatic heterocycles. The number of rotatable bonds is 48. The van der Waals surface area contributed by atoms with Crippen LogP contribution in [0.2, 0.25) is 0 Å². The Kier molecular flexibility index (Phi) is 47.0. The Hall–Kier alpha value is -1.66. The number of esters is 1. The smallest absolute Gasteiger partial charge is 0.306 e. The highest BCUT2D eigenvalue weighted by Crippen LogP contribution is 2.18. The number of amides is 1. The summed E-state index contributed by atoms with van der Waals surface area (Å²) in [5, 5.41) is 23.7. The van der Waals surface area contributed by atoms with Crippen LogP contribution in [0.15, 0.2) is 24.3 Å². The minimum absolute atomic E-state index is 0.0690. The van der Waals surface area contributed by atoms with Crippen LogP contribution in [0.1, 0.15) is 284 Å². The Labute approximate surface area is 373 Å². The monoisotopic (exact) mass is 846 g/mol. The van der Waals surface area contributed by atoms with Crippen molar-refractivity contribution in [2.24, 2.45) is 0 Å². The Balaban J connectivity index is 4.48. The van der Waals surface area contributed by atoms with Gasteiger partial charge in [-0.3, -0.25) is 9.59 Å². The van der Waals surface area contributed by atoms with Crippen molar-refractivity contribution in [1.82, 2.24) is 5.32 Å². The molecule has 0 aliphatic rings. The van der Waals surface area contributed by atoms with E-state index >= 15 is 0 Å². The lowest BCUT2D eigenvalue weighted by atomic mass is 10.0. The molecular weight excluding hydrogens is 743 g/mol. The third-order valence-electron chi connectivity index (χ3n) is 12.3. The van der Waals surface area contributed by atoms with Crippen LogP contribution in [0.5, 0.6) is 0 Å². The van der Waals surface area contributed by atoms with E-state index < -0.39 is 18.2 Å².